The lowest BCUT2D eigenvalue weighted by Crippen LogP contribution is -2.51. The zero-order chi connectivity index (χ0) is 15.3. The van der Waals surface area contributed by atoms with Crippen LogP contribution in [0.25, 0.3) is 0 Å². The number of carbonyl (C=O) groups is 3. The highest BCUT2D eigenvalue weighted by Gasteiger charge is 2.27. The molecule has 114 valence electrons. The lowest BCUT2D eigenvalue weighted by atomic mass is 9.80. The molecule has 0 aromatic carbocycles. The molecule has 1 rings (SSSR count). The average Bonchev–Trinajstić information content (AvgIpc) is 2.25. The molecule has 1 saturated carbocycles. The van der Waals surface area contributed by atoms with E-state index in [0.717, 1.165) is 19.3 Å². The van der Waals surface area contributed by atoms with Crippen molar-refractivity contribution < 1.29 is 24.6 Å². The molecule has 2 amide bonds. The minimum absolute atomic E-state index is 0.00743. The van der Waals surface area contributed by atoms with Crippen LogP contribution in [-0.2, 0) is 9.59 Å². The first-order valence-electron chi connectivity index (χ1n) is 6.79. The number of hydrogen-bond acceptors (Lipinski definition) is 3. The standard InChI is InChI=1S/C13H22N2O5/c1-7-3-8(2)5-9(4-7)14-13(20)15-10(12(18)19)6-11(16)17/h7-10H,3-6H2,1-2H3,(H,16,17)(H,18,19)(H2,14,15,20)/t7?,8?,9?,10-/m1/s1. The highest BCUT2D eigenvalue weighted by atomic mass is 16.4. The van der Waals surface area contributed by atoms with E-state index >= 15 is 0 Å². The molecule has 1 aliphatic carbocycles. The van der Waals surface area contributed by atoms with Crippen LogP contribution in [0.5, 0.6) is 0 Å². The van der Waals surface area contributed by atoms with Gasteiger partial charge in [-0.3, -0.25) is 4.79 Å². The third-order valence-corrected chi connectivity index (χ3v) is 3.50. The number of carboxylic acids is 2. The second-order valence-corrected chi connectivity index (χ2v) is 5.72. The minimum Gasteiger partial charge on any atom is -0.481 e. The molecule has 0 bridgehead atoms. The van der Waals surface area contributed by atoms with Crippen molar-refractivity contribution in [1.82, 2.24) is 10.6 Å². The lowest BCUT2D eigenvalue weighted by molar-refractivity contribution is -0.145. The Labute approximate surface area is 117 Å². The van der Waals surface area contributed by atoms with E-state index in [1.165, 1.54) is 0 Å². The molecule has 1 fully saturated rings. The van der Waals surface area contributed by atoms with Crippen LogP contribution < -0.4 is 10.6 Å². The summed E-state index contributed by atoms with van der Waals surface area (Å²) in [4.78, 5) is 33.1. The molecular formula is C13H22N2O5. The van der Waals surface area contributed by atoms with E-state index in [1.54, 1.807) is 0 Å². The lowest BCUT2D eigenvalue weighted by Gasteiger charge is -2.32. The number of carboxylic acid groups (broad SMARTS) is 2. The van der Waals surface area contributed by atoms with Gasteiger partial charge in [0.1, 0.15) is 6.04 Å². The van der Waals surface area contributed by atoms with E-state index in [9.17, 15) is 14.4 Å². The van der Waals surface area contributed by atoms with Crippen LogP contribution in [0.2, 0.25) is 0 Å². The second-order valence-electron chi connectivity index (χ2n) is 5.72. The highest BCUT2D eigenvalue weighted by Crippen LogP contribution is 2.28. The van der Waals surface area contributed by atoms with Gasteiger partial charge >= 0.3 is 18.0 Å². The van der Waals surface area contributed by atoms with Gasteiger partial charge in [0.2, 0.25) is 0 Å². The van der Waals surface area contributed by atoms with E-state index < -0.39 is 30.4 Å². The van der Waals surface area contributed by atoms with Crippen LogP contribution in [0.15, 0.2) is 0 Å². The van der Waals surface area contributed by atoms with Crippen LogP contribution in [0.1, 0.15) is 39.5 Å². The molecule has 0 aliphatic heterocycles. The fourth-order valence-corrected chi connectivity index (χ4v) is 2.82. The maximum Gasteiger partial charge on any atom is 0.326 e. The van der Waals surface area contributed by atoms with Crippen LogP contribution in [0.3, 0.4) is 0 Å². The van der Waals surface area contributed by atoms with E-state index in [-0.39, 0.29) is 6.04 Å². The fourth-order valence-electron chi connectivity index (χ4n) is 2.82. The van der Waals surface area contributed by atoms with Crippen molar-refractivity contribution in [2.75, 3.05) is 0 Å². The Balaban J connectivity index is 2.48. The molecule has 0 radical (unpaired) electrons. The number of aliphatic carboxylic acids is 2. The number of amides is 2. The van der Waals surface area contributed by atoms with Crippen LogP contribution in [0, 0.1) is 11.8 Å². The van der Waals surface area contributed by atoms with Crippen molar-refractivity contribution in [2.24, 2.45) is 11.8 Å². The first-order valence-corrected chi connectivity index (χ1v) is 6.79. The molecule has 2 unspecified atom stereocenters. The van der Waals surface area contributed by atoms with Crippen molar-refractivity contribution in [3.63, 3.8) is 0 Å². The van der Waals surface area contributed by atoms with E-state index in [4.69, 9.17) is 10.2 Å². The Kier molecular flexibility index (Phi) is 5.79. The highest BCUT2D eigenvalue weighted by molar-refractivity contribution is 5.86. The summed E-state index contributed by atoms with van der Waals surface area (Å²) < 4.78 is 0. The number of rotatable bonds is 5. The summed E-state index contributed by atoms with van der Waals surface area (Å²) in [6, 6.07) is -2.02. The molecular weight excluding hydrogens is 264 g/mol. The number of urea groups is 1. The Hall–Kier alpha value is -1.79. The van der Waals surface area contributed by atoms with E-state index in [0.29, 0.717) is 11.8 Å². The smallest absolute Gasteiger partial charge is 0.326 e. The molecule has 7 nitrogen and oxygen atoms in total. The third kappa shape index (κ3) is 5.46. The molecule has 7 heteroatoms. The molecule has 1 aliphatic rings. The monoisotopic (exact) mass is 286 g/mol. The maximum absolute atomic E-state index is 11.7. The molecule has 0 spiro atoms. The topological polar surface area (TPSA) is 116 Å². The van der Waals surface area contributed by atoms with E-state index in [2.05, 4.69) is 24.5 Å². The first-order chi connectivity index (χ1) is 9.27. The van der Waals surface area contributed by atoms with Gasteiger partial charge < -0.3 is 20.8 Å². The van der Waals surface area contributed by atoms with Gasteiger partial charge in [-0.1, -0.05) is 13.8 Å². The first kappa shape index (κ1) is 16.3. The summed E-state index contributed by atoms with van der Waals surface area (Å²) in [6.07, 6.45) is 2.19. The van der Waals surface area contributed by atoms with Gasteiger partial charge in [0, 0.05) is 6.04 Å². The Morgan fingerprint density at radius 1 is 1.10 bits per heavy atom. The van der Waals surface area contributed by atoms with Crippen LogP contribution >= 0.6 is 0 Å². The molecule has 0 heterocycles. The van der Waals surface area contributed by atoms with Crippen molar-refractivity contribution >= 4 is 18.0 Å². The zero-order valence-corrected chi connectivity index (χ0v) is 11.8. The summed E-state index contributed by atoms with van der Waals surface area (Å²) in [6.45, 7) is 4.24. The van der Waals surface area contributed by atoms with Crippen molar-refractivity contribution in [1.29, 1.82) is 0 Å². The minimum atomic E-state index is -1.41. The summed E-state index contributed by atoms with van der Waals surface area (Å²) >= 11 is 0. The number of carbonyl (C=O) groups excluding carboxylic acids is 1. The van der Waals surface area contributed by atoms with E-state index in [1.807, 2.05) is 0 Å². The quantitative estimate of drug-likeness (QED) is 0.602. The normalized spacial score (nSPS) is 27.4. The molecule has 4 N–H and O–H groups in total. The summed E-state index contributed by atoms with van der Waals surface area (Å²) in [7, 11) is 0. The third-order valence-electron chi connectivity index (χ3n) is 3.50. The van der Waals surface area contributed by atoms with Gasteiger partial charge in [-0.15, -0.1) is 0 Å². The fraction of sp³-hybridized carbons (Fsp3) is 0.769. The predicted molar refractivity (Wildman–Crippen MR) is 71.3 cm³/mol. The molecule has 0 aromatic heterocycles. The Bertz CT molecular complexity index is 375. The van der Waals surface area contributed by atoms with Crippen molar-refractivity contribution in [3.8, 4) is 0 Å². The SMILES string of the molecule is CC1CC(C)CC(NC(=O)N[C@H](CC(=O)O)C(=O)O)C1. The average molecular weight is 286 g/mol. The second kappa shape index (κ2) is 7.12. The van der Waals surface area contributed by atoms with Gasteiger partial charge in [0.05, 0.1) is 6.42 Å². The van der Waals surface area contributed by atoms with Gasteiger partial charge in [0.15, 0.2) is 0 Å². The molecule has 0 aromatic rings. The van der Waals surface area contributed by atoms with Crippen LogP contribution in [-0.4, -0.2) is 40.3 Å². The van der Waals surface area contributed by atoms with Crippen molar-refractivity contribution in [3.05, 3.63) is 0 Å². The van der Waals surface area contributed by atoms with Gasteiger partial charge in [-0.2, -0.15) is 0 Å². The predicted octanol–water partition coefficient (Wildman–Crippen LogP) is 1.04. The number of hydrogen-bond donors (Lipinski definition) is 4. The van der Waals surface area contributed by atoms with Gasteiger partial charge in [-0.25, -0.2) is 9.59 Å². The molecule has 0 saturated heterocycles. The summed E-state index contributed by atoms with van der Waals surface area (Å²) in [5.74, 6) is -1.60. The zero-order valence-electron chi connectivity index (χ0n) is 11.8. The van der Waals surface area contributed by atoms with Gasteiger partial charge in [0.25, 0.3) is 0 Å². The maximum atomic E-state index is 11.7. The Morgan fingerprint density at radius 3 is 2.10 bits per heavy atom. The summed E-state index contributed by atoms with van der Waals surface area (Å²) in [5, 5.41) is 22.4. The largest absolute Gasteiger partial charge is 0.481 e. The van der Waals surface area contributed by atoms with Crippen molar-refractivity contribution in [2.45, 2.75) is 51.6 Å². The van der Waals surface area contributed by atoms with Gasteiger partial charge in [-0.05, 0) is 31.1 Å². The van der Waals surface area contributed by atoms with Crippen LogP contribution in [0.4, 0.5) is 4.79 Å². The Morgan fingerprint density at radius 2 is 1.65 bits per heavy atom. The number of nitrogens with one attached hydrogen (secondary N) is 2. The molecule has 20 heavy (non-hydrogen) atoms. The molecule has 3 atom stereocenters. The summed E-state index contributed by atoms with van der Waals surface area (Å²) in [5.41, 5.74) is 0.